The van der Waals surface area contributed by atoms with Crippen molar-refractivity contribution in [2.45, 2.75) is 52.4 Å². The van der Waals surface area contributed by atoms with Crippen LogP contribution in [-0.2, 0) is 4.79 Å². The van der Waals surface area contributed by atoms with Crippen molar-refractivity contribution in [1.29, 1.82) is 0 Å². The first-order valence-electron chi connectivity index (χ1n) is 7.75. The van der Waals surface area contributed by atoms with E-state index in [2.05, 4.69) is 24.1 Å². The molecule has 0 aromatic rings. The van der Waals surface area contributed by atoms with E-state index in [9.17, 15) is 9.90 Å². The Balaban J connectivity index is 2.19. The summed E-state index contributed by atoms with van der Waals surface area (Å²) in [5.41, 5.74) is 0.105. The van der Waals surface area contributed by atoms with Crippen molar-refractivity contribution in [3.63, 3.8) is 0 Å². The van der Waals surface area contributed by atoms with Gasteiger partial charge in [0.05, 0.1) is 6.54 Å². The number of hydrogen-bond acceptors (Lipinski definition) is 3. The molecule has 1 aliphatic rings. The number of carbonyl (C=O) groups excluding carboxylic acids is 1. The molecule has 0 bridgehead atoms. The maximum atomic E-state index is 11.8. The quantitative estimate of drug-likeness (QED) is 0.661. The Morgan fingerprint density at radius 3 is 2.47 bits per heavy atom. The van der Waals surface area contributed by atoms with Crippen LogP contribution in [0.1, 0.15) is 52.4 Å². The zero-order chi connectivity index (χ0) is 14.1. The second-order valence-corrected chi connectivity index (χ2v) is 5.84. The molecule has 0 radical (unpaired) electrons. The van der Waals surface area contributed by atoms with Gasteiger partial charge in [-0.25, -0.2) is 0 Å². The van der Waals surface area contributed by atoms with Gasteiger partial charge in [-0.3, -0.25) is 9.69 Å². The van der Waals surface area contributed by atoms with Crippen LogP contribution in [0, 0.1) is 5.41 Å². The highest BCUT2D eigenvalue weighted by atomic mass is 16.3. The summed E-state index contributed by atoms with van der Waals surface area (Å²) in [4.78, 5) is 14.0. The predicted molar refractivity (Wildman–Crippen MR) is 78.0 cm³/mol. The molecule has 0 unspecified atom stereocenters. The van der Waals surface area contributed by atoms with Gasteiger partial charge in [0.25, 0.3) is 0 Å². The number of carbonyl (C=O) groups is 1. The first-order valence-corrected chi connectivity index (χ1v) is 7.75. The first-order chi connectivity index (χ1) is 9.15. The summed E-state index contributed by atoms with van der Waals surface area (Å²) in [5, 5.41) is 12.5. The zero-order valence-electron chi connectivity index (χ0n) is 12.6. The molecule has 0 spiro atoms. The van der Waals surface area contributed by atoms with Crippen LogP contribution in [0.25, 0.3) is 0 Å². The fourth-order valence-corrected chi connectivity index (χ4v) is 2.67. The highest BCUT2D eigenvalue weighted by molar-refractivity contribution is 5.77. The summed E-state index contributed by atoms with van der Waals surface area (Å²) < 4.78 is 0. The molecule has 4 nitrogen and oxygen atoms in total. The third kappa shape index (κ3) is 5.49. The molecule has 112 valence electrons. The number of hydrogen-bond donors (Lipinski definition) is 2. The molecule has 1 heterocycles. The summed E-state index contributed by atoms with van der Waals surface area (Å²) in [6.07, 6.45) is 6.47. The van der Waals surface area contributed by atoms with E-state index in [1.165, 1.54) is 12.8 Å². The minimum atomic E-state index is 0.105. The van der Waals surface area contributed by atoms with Crippen LogP contribution >= 0.6 is 0 Å². The van der Waals surface area contributed by atoms with Crippen molar-refractivity contribution in [3.8, 4) is 0 Å². The van der Waals surface area contributed by atoms with Gasteiger partial charge in [0.2, 0.25) is 5.91 Å². The van der Waals surface area contributed by atoms with Crippen LogP contribution in [0.5, 0.6) is 0 Å². The summed E-state index contributed by atoms with van der Waals surface area (Å²) in [6.45, 7) is 7.75. The molecule has 0 atom stereocenters. The van der Waals surface area contributed by atoms with Crippen LogP contribution in [0.15, 0.2) is 0 Å². The molecule has 19 heavy (non-hydrogen) atoms. The van der Waals surface area contributed by atoms with Crippen molar-refractivity contribution in [2.75, 3.05) is 32.8 Å². The molecule has 0 saturated carbocycles. The molecule has 0 aromatic carbocycles. The Kier molecular flexibility index (Phi) is 7.39. The largest absolute Gasteiger partial charge is 0.396 e. The molecule has 0 aliphatic carbocycles. The SMILES string of the molecule is CCCCCNC(=O)CN1CCC(CC)(CO)CC1. The fraction of sp³-hybridized carbons (Fsp3) is 0.933. The maximum Gasteiger partial charge on any atom is 0.234 e. The van der Waals surface area contributed by atoms with E-state index in [1.54, 1.807) is 0 Å². The monoisotopic (exact) mass is 270 g/mol. The predicted octanol–water partition coefficient (Wildman–Crippen LogP) is 1.78. The van der Waals surface area contributed by atoms with Gasteiger partial charge < -0.3 is 10.4 Å². The Bertz CT molecular complexity index is 255. The van der Waals surface area contributed by atoms with Crippen molar-refractivity contribution in [1.82, 2.24) is 10.2 Å². The Hall–Kier alpha value is -0.610. The normalized spacial score (nSPS) is 19.3. The topological polar surface area (TPSA) is 52.6 Å². The molecule has 2 N–H and O–H groups in total. The van der Waals surface area contributed by atoms with Gasteiger partial charge in [0, 0.05) is 13.2 Å². The molecule has 1 fully saturated rings. The smallest absolute Gasteiger partial charge is 0.234 e. The first kappa shape index (κ1) is 16.4. The van der Waals surface area contributed by atoms with Gasteiger partial charge in [-0.2, -0.15) is 0 Å². The molecule has 1 saturated heterocycles. The number of piperidine rings is 1. The Labute approximate surface area is 117 Å². The summed E-state index contributed by atoms with van der Waals surface area (Å²) in [7, 11) is 0. The lowest BCUT2D eigenvalue weighted by Gasteiger charge is -2.39. The van der Waals surface area contributed by atoms with Gasteiger partial charge in [0.1, 0.15) is 0 Å². The Morgan fingerprint density at radius 1 is 1.26 bits per heavy atom. The second-order valence-electron chi connectivity index (χ2n) is 5.84. The van der Waals surface area contributed by atoms with Gasteiger partial charge in [-0.1, -0.05) is 26.7 Å². The van der Waals surface area contributed by atoms with Gasteiger partial charge in [-0.05, 0) is 44.2 Å². The number of rotatable bonds is 8. The molecule has 0 aromatic heterocycles. The number of unbranched alkanes of at least 4 members (excludes halogenated alkanes) is 2. The average Bonchev–Trinajstić information content (AvgIpc) is 2.45. The lowest BCUT2D eigenvalue weighted by atomic mass is 9.77. The van der Waals surface area contributed by atoms with Crippen LogP contribution in [-0.4, -0.2) is 48.7 Å². The fourth-order valence-electron chi connectivity index (χ4n) is 2.67. The number of amides is 1. The van der Waals surface area contributed by atoms with Crippen LogP contribution < -0.4 is 5.32 Å². The summed E-state index contributed by atoms with van der Waals surface area (Å²) in [6, 6.07) is 0. The lowest BCUT2D eigenvalue weighted by molar-refractivity contribution is -0.123. The highest BCUT2D eigenvalue weighted by Crippen LogP contribution is 2.33. The third-order valence-corrected chi connectivity index (χ3v) is 4.47. The maximum absolute atomic E-state index is 11.8. The van der Waals surface area contributed by atoms with Crippen molar-refractivity contribution in [2.24, 2.45) is 5.41 Å². The molecular formula is C15H30N2O2. The average molecular weight is 270 g/mol. The van der Waals surface area contributed by atoms with Crippen LogP contribution in [0.2, 0.25) is 0 Å². The van der Waals surface area contributed by atoms with E-state index in [0.717, 1.165) is 45.3 Å². The minimum Gasteiger partial charge on any atom is -0.396 e. The molecule has 4 heteroatoms. The van der Waals surface area contributed by atoms with E-state index >= 15 is 0 Å². The number of nitrogens with one attached hydrogen (secondary N) is 1. The van der Waals surface area contributed by atoms with Crippen molar-refractivity contribution in [3.05, 3.63) is 0 Å². The van der Waals surface area contributed by atoms with Gasteiger partial charge >= 0.3 is 0 Å². The van der Waals surface area contributed by atoms with E-state index < -0.39 is 0 Å². The highest BCUT2D eigenvalue weighted by Gasteiger charge is 2.32. The van der Waals surface area contributed by atoms with E-state index in [-0.39, 0.29) is 17.9 Å². The molecule has 1 aliphatic heterocycles. The zero-order valence-corrected chi connectivity index (χ0v) is 12.6. The third-order valence-electron chi connectivity index (χ3n) is 4.47. The number of aliphatic hydroxyl groups is 1. The summed E-state index contributed by atoms with van der Waals surface area (Å²) >= 11 is 0. The Morgan fingerprint density at radius 2 is 1.95 bits per heavy atom. The van der Waals surface area contributed by atoms with E-state index in [0.29, 0.717) is 6.54 Å². The van der Waals surface area contributed by atoms with E-state index in [1.807, 2.05) is 0 Å². The van der Waals surface area contributed by atoms with Crippen LogP contribution in [0.3, 0.4) is 0 Å². The molecule has 1 amide bonds. The molecule has 1 rings (SSSR count). The standard InChI is InChI=1S/C15H30N2O2/c1-3-5-6-9-16-14(19)12-17-10-7-15(4-2,13-18)8-11-17/h18H,3-13H2,1-2H3,(H,16,19). The van der Waals surface area contributed by atoms with Crippen LogP contribution in [0.4, 0.5) is 0 Å². The minimum absolute atomic E-state index is 0.105. The van der Waals surface area contributed by atoms with Gasteiger partial charge in [-0.15, -0.1) is 0 Å². The number of likely N-dealkylation sites (tertiary alicyclic amines) is 1. The van der Waals surface area contributed by atoms with Crippen molar-refractivity contribution < 1.29 is 9.90 Å². The number of aliphatic hydroxyl groups excluding tert-OH is 1. The van der Waals surface area contributed by atoms with E-state index in [4.69, 9.17) is 0 Å². The van der Waals surface area contributed by atoms with Crippen molar-refractivity contribution >= 4 is 5.91 Å². The lowest BCUT2D eigenvalue weighted by Crippen LogP contribution is -2.45. The molecular weight excluding hydrogens is 240 g/mol. The summed E-state index contributed by atoms with van der Waals surface area (Å²) in [5.74, 6) is 0.143. The number of nitrogens with zero attached hydrogens (tertiary/aromatic N) is 1. The second kappa shape index (κ2) is 8.54. The van der Waals surface area contributed by atoms with Gasteiger partial charge in [0.15, 0.2) is 0 Å².